The summed E-state index contributed by atoms with van der Waals surface area (Å²) in [4.78, 5) is 66.2. The number of carbonyl (C=O) groups excluding carboxylic acids is 3. The standard InChI is InChI=1S/C29H41N2O6P.CH3NO2/c1-19-10-6-5-7-11-21(3)29(35)31-24-18-26(33)27(30-14-8-9-15-38(36)37)23(28(24)34)17-20(2)12-13-25(32)22(4)16-19;2-1(3)4/h5,7,11,16,18,20,30,32,36-37H,6,8-10,12-15,17H2,1-4H3,(H,31,35);2H2,(H,3,4)/b7-5-,19-16+,21-11+,25-22-;. The number of primary amides is 1. The molecule has 0 fully saturated rings. The van der Waals surface area contributed by atoms with Crippen LogP contribution in [0.1, 0.15) is 72.6 Å². The van der Waals surface area contributed by atoms with E-state index in [1.807, 2.05) is 32.9 Å². The predicted octanol–water partition coefficient (Wildman–Crippen LogP) is 4.56. The minimum atomic E-state index is -1.96. The Balaban J connectivity index is 0.00000206. The van der Waals surface area contributed by atoms with E-state index in [1.165, 1.54) is 0 Å². The van der Waals surface area contributed by atoms with Gasteiger partial charge in [0.25, 0.3) is 5.91 Å². The average Bonchev–Trinajstić information content (AvgIpc) is 2.89. The van der Waals surface area contributed by atoms with Gasteiger partial charge in [-0.2, -0.15) is 0 Å². The Morgan fingerprint density at radius 3 is 2.43 bits per heavy atom. The molecule has 42 heavy (non-hydrogen) atoms. The van der Waals surface area contributed by atoms with E-state index in [0.717, 1.165) is 30.1 Å². The van der Waals surface area contributed by atoms with Crippen LogP contribution in [0, 0.1) is 5.92 Å². The lowest BCUT2D eigenvalue weighted by molar-refractivity contribution is -0.120. The van der Waals surface area contributed by atoms with Gasteiger partial charge >= 0.3 is 6.09 Å². The van der Waals surface area contributed by atoms with Crippen LogP contribution in [0.25, 0.3) is 0 Å². The number of amides is 2. The number of ketones is 2. The summed E-state index contributed by atoms with van der Waals surface area (Å²) in [5.41, 5.74) is 6.86. The van der Waals surface area contributed by atoms with Crippen LogP contribution in [0.3, 0.4) is 0 Å². The number of rotatable bonds is 6. The van der Waals surface area contributed by atoms with Gasteiger partial charge in [-0.3, -0.25) is 14.4 Å². The van der Waals surface area contributed by atoms with Gasteiger partial charge in [0.15, 0.2) is 8.38 Å². The summed E-state index contributed by atoms with van der Waals surface area (Å²) in [6.07, 6.45) is 11.7. The summed E-state index contributed by atoms with van der Waals surface area (Å²) in [7, 11) is -1.96. The van der Waals surface area contributed by atoms with Gasteiger partial charge in [0.2, 0.25) is 11.6 Å². The highest BCUT2D eigenvalue weighted by Gasteiger charge is 2.30. The molecule has 0 aromatic carbocycles. The van der Waals surface area contributed by atoms with E-state index in [4.69, 9.17) is 19.7 Å². The normalized spacial score (nSPS) is 24.4. The molecule has 0 aromatic heterocycles. The highest BCUT2D eigenvalue weighted by Crippen LogP contribution is 2.27. The zero-order chi connectivity index (χ0) is 31.8. The molecule has 1 unspecified atom stereocenters. The first-order valence-electron chi connectivity index (χ1n) is 13.8. The molecule has 2 rings (SSSR count). The van der Waals surface area contributed by atoms with E-state index < -0.39 is 26.2 Å². The number of nitrogens with two attached hydrogens (primary N) is 1. The number of aliphatic hydroxyl groups excluding tert-OH is 1. The Kier molecular flexibility index (Phi) is 16.3. The maximum Gasteiger partial charge on any atom is 0.402 e. The molecule has 232 valence electrons. The summed E-state index contributed by atoms with van der Waals surface area (Å²) in [6, 6.07) is 0. The SMILES string of the molecule is CC1=C(/O)CCC(C)CC2=C(NCCCCP(O)O)C(=O)C=C(NC(=O)/C(C)=C/C=C\CC\C(C)=C\1)C2=O.NC(=O)O. The first-order valence-corrected chi connectivity index (χ1v) is 15.3. The van der Waals surface area contributed by atoms with Gasteiger partial charge in [-0.25, -0.2) is 4.79 Å². The number of Topliss-reactive ketones (excluding diaryl/α,β-unsaturated/α-hetero) is 1. The summed E-state index contributed by atoms with van der Waals surface area (Å²) >= 11 is 0. The second kappa shape index (κ2) is 18.8. The molecule has 0 radical (unpaired) electrons. The number of fused-ring (bicyclic) bond motifs is 2. The van der Waals surface area contributed by atoms with Crippen LogP contribution in [0.2, 0.25) is 0 Å². The predicted molar refractivity (Wildman–Crippen MR) is 163 cm³/mol. The smallest absolute Gasteiger partial charge is 0.402 e. The van der Waals surface area contributed by atoms with Gasteiger partial charge in [-0.05, 0) is 70.8 Å². The molecular formula is C30H44N3O8P. The third-order valence-electron chi connectivity index (χ3n) is 6.57. The van der Waals surface area contributed by atoms with Crippen molar-refractivity contribution < 1.29 is 39.2 Å². The zero-order valence-electron chi connectivity index (χ0n) is 24.8. The van der Waals surface area contributed by atoms with Crippen molar-refractivity contribution in [1.82, 2.24) is 10.6 Å². The fourth-order valence-corrected chi connectivity index (χ4v) is 4.75. The van der Waals surface area contributed by atoms with Crippen LogP contribution in [-0.2, 0) is 14.4 Å². The Hall–Kier alpha value is -3.53. The van der Waals surface area contributed by atoms with Crippen LogP contribution in [-0.4, -0.2) is 56.3 Å². The number of hydrogen-bond donors (Lipinski definition) is 7. The molecule has 8 N–H and O–H groups in total. The van der Waals surface area contributed by atoms with Crippen molar-refractivity contribution in [3.05, 3.63) is 69.8 Å². The van der Waals surface area contributed by atoms with E-state index in [-0.39, 0.29) is 29.3 Å². The zero-order valence-corrected chi connectivity index (χ0v) is 25.7. The lowest BCUT2D eigenvalue weighted by Gasteiger charge is -2.23. The summed E-state index contributed by atoms with van der Waals surface area (Å²) in [5.74, 6) is -0.956. The fraction of sp³-hybridized carbons (Fsp3) is 0.467. The molecule has 1 aliphatic carbocycles. The van der Waals surface area contributed by atoms with Gasteiger partial charge in [-0.1, -0.05) is 36.8 Å². The van der Waals surface area contributed by atoms with Crippen LogP contribution in [0.15, 0.2) is 69.8 Å². The highest BCUT2D eigenvalue weighted by molar-refractivity contribution is 7.45. The van der Waals surface area contributed by atoms with Gasteiger partial charge in [0.1, 0.15) is 0 Å². The van der Waals surface area contributed by atoms with E-state index >= 15 is 0 Å². The van der Waals surface area contributed by atoms with E-state index in [2.05, 4.69) is 16.4 Å². The van der Waals surface area contributed by atoms with Gasteiger partial charge in [-0.15, -0.1) is 0 Å². The van der Waals surface area contributed by atoms with Crippen molar-refractivity contribution in [3.63, 3.8) is 0 Å². The second-order valence-electron chi connectivity index (χ2n) is 10.4. The minimum Gasteiger partial charge on any atom is -0.512 e. The molecular weight excluding hydrogens is 561 g/mol. The lowest BCUT2D eigenvalue weighted by Crippen LogP contribution is -2.36. The van der Waals surface area contributed by atoms with Crippen molar-refractivity contribution >= 4 is 31.9 Å². The number of allylic oxidation sites excluding steroid dienone is 9. The average molecular weight is 606 g/mol. The van der Waals surface area contributed by atoms with E-state index in [1.54, 1.807) is 19.1 Å². The number of aliphatic hydroxyl groups is 1. The Morgan fingerprint density at radius 1 is 1.12 bits per heavy atom. The summed E-state index contributed by atoms with van der Waals surface area (Å²) < 4.78 is 0. The van der Waals surface area contributed by atoms with Crippen molar-refractivity contribution in [1.29, 1.82) is 0 Å². The first kappa shape index (κ1) is 36.5. The highest BCUT2D eigenvalue weighted by atomic mass is 31.2. The molecule has 2 bridgehead atoms. The summed E-state index contributed by atoms with van der Waals surface area (Å²) in [6.45, 7) is 7.92. The van der Waals surface area contributed by atoms with Crippen LogP contribution in [0.4, 0.5) is 4.79 Å². The van der Waals surface area contributed by atoms with Gasteiger partial charge < -0.3 is 36.4 Å². The lowest BCUT2D eigenvalue weighted by atomic mass is 9.87. The topological polar surface area (TPSA) is 199 Å². The largest absolute Gasteiger partial charge is 0.512 e. The third-order valence-corrected chi connectivity index (χ3v) is 7.28. The molecule has 0 aromatic rings. The van der Waals surface area contributed by atoms with E-state index in [9.17, 15) is 19.5 Å². The maximum absolute atomic E-state index is 13.5. The number of carbonyl (C=O) groups is 4. The minimum absolute atomic E-state index is 0.0196. The molecule has 1 heterocycles. The van der Waals surface area contributed by atoms with Crippen molar-refractivity contribution in [3.8, 4) is 0 Å². The number of unbranched alkanes of at least 4 members (excludes halogenated alkanes) is 1. The Labute approximate surface area is 248 Å². The number of carboxylic acid groups (broad SMARTS) is 1. The third kappa shape index (κ3) is 13.9. The molecule has 1 aliphatic heterocycles. The first-order chi connectivity index (χ1) is 19.7. The van der Waals surface area contributed by atoms with Crippen LogP contribution >= 0.6 is 8.38 Å². The monoisotopic (exact) mass is 605 g/mol. The molecule has 2 aliphatic rings. The van der Waals surface area contributed by atoms with Crippen LogP contribution < -0.4 is 16.4 Å². The molecule has 0 saturated heterocycles. The fourth-order valence-electron chi connectivity index (χ4n) is 4.24. The molecule has 0 saturated carbocycles. The molecule has 12 heteroatoms. The van der Waals surface area contributed by atoms with Crippen LogP contribution in [0.5, 0.6) is 0 Å². The number of nitrogens with one attached hydrogen (secondary N) is 2. The Morgan fingerprint density at radius 2 is 1.79 bits per heavy atom. The van der Waals surface area contributed by atoms with Crippen molar-refractivity contribution in [2.45, 2.75) is 72.6 Å². The summed E-state index contributed by atoms with van der Waals surface area (Å²) in [5, 5.41) is 23.5. The maximum atomic E-state index is 13.5. The van der Waals surface area contributed by atoms with Crippen molar-refractivity contribution in [2.24, 2.45) is 11.7 Å². The quantitative estimate of drug-likeness (QED) is 0.129. The van der Waals surface area contributed by atoms with Gasteiger partial charge in [0.05, 0.1) is 17.2 Å². The molecule has 2 amide bonds. The van der Waals surface area contributed by atoms with Crippen molar-refractivity contribution in [2.75, 3.05) is 12.7 Å². The second-order valence-corrected chi connectivity index (χ2v) is 11.6. The number of hydrogen-bond acceptors (Lipinski definition) is 8. The molecule has 0 spiro atoms. The Bertz CT molecular complexity index is 1190. The molecule has 1 atom stereocenters. The van der Waals surface area contributed by atoms with Gasteiger partial charge in [0, 0.05) is 36.3 Å². The molecule has 11 nitrogen and oxygen atoms in total. The van der Waals surface area contributed by atoms with E-state index in [0.29, 0.717) is 55.6 Å².